The molecule has 1 fully saturated rings. The fourth-order valence-corrected chi connectivity index (χ4v) is 4.28. The number of amides is 1. The molecule has 1 amide bonds. The number of hydrogen-bond donors (Lipinski definition) is 0. The van der Waals surface area contributed by atoms with E-state index in [0.29, 0.717) is 13.1 Å². The largest absolute Gasteiger partial charge is 0.352 e. The van der Waals surface area contributed by atoms with Crippen LogP contribution in [0.1, 0.15) is 31.1 Å². The molecule has 5 rings (SSSR count). The minimum absolute atomic E-state index is 0.0878. The van der Waals surface area contributed by atoms with Crippen molar-refractivity contribution < 1.29 is 4.79 Å². The average Bonchev–Trinajstić information content (AvgIpc) is 3.23. The lowest BCUT2D eigenvalue weighted by atomic mass is 10.0. The smallest absolute Gasteiger partial charge is 0.254 e. The molecule has 31 heavy (non-hydrogen) atoms. The summed E-state index contributed by atoms with van der Waals surface area (Å²) in [4.78, 5) is 26.4. The molecule has 4 aromatic rings. The minimum atomic E-state index is -0.156. The number of benzene rings is 2. The molecule has 0 bridgehead atoms. The number of nitrogens with zero attached hydrogens (tertiary/aromatic N) is 6. The summed E-state index contributed by atoms with van der Waals surface area (Å²) in [5.74, 6) is 0.975. The predicted octanol–water partition coefficient (Wildman–Crippen LogP) is 3.70. The standard InChI is InChI=1S/C24H26N6O/c1-24(2,3)30-22-20(15-27-30)21(25-16-26-22)28-11-13-29(14-12-28)23(31)19-10-6-8-17-7-4-5-9-18(17)19/h4-10,15-16H,11-14H2,1-3H3. The van der Waals surface area contributed by atoms with Gasteiger partial charge in [-0.3, -0.25) is 4.79 Å². The van der Waals surface area contributed by atoms with Gasteiger partial charge in [-0.25, -0.2) is 14.6 Å². The lowest BCUT2D eigenvalue weighted by Crippen LogP contribution is -2.49. The first-order valence-corrected chi connectivity index (χ1v) is 10.6. The van der Waals surface area contributed by atoms with Crippen LogP contribution in [0.5, 0.6) is 0 Å². The molecular formula is C24H26N6O. The van der Waals surface area contributed by atoms with Gasteiger partial charge in [0, 0.05) is 31.7 Å². The fourth-order valence-electron chi connectivity index (χ4n) is 4.28. The maximum absolute atomic E-state index is 13.3. The molecule has 7 nitrogen and oxygen atoms in total. The summed E-state index contributed by atoms with van der Waals surface area (Å²) in [5.41, 5.74) is 1.45. The SMILES string of the molecule is CC(C)(C)n1ncc2c(N3CCN(C(=O)c4cccc5ccccc45)CC3)ncnc21. The summed E-state index contributed by atoms with van der Waals surface area (Å²) in [6.07, 6.45) is 3.46. The van der Waals surface area contributed by atoms with Gasteiger partial charge in [0.25, 0.3) is 5.91 Å². The Balaban J connectivity index is 1.37. The topological polar surface area (TPSA) is 67.2 Å². The van der Waals surface area contributed by atoms with Gasteiger partial charge in [0.1, 0.15) is 12.1 Å². The van der Waals surface area contributed by atoms with E-state index in [0.717, 1.165) is 46.3 Å². The highest BCUT2D eigenvalue weighted by Crippen LogP contribution is 2.27. The molecule has 0 spiro atoms. The first-order chi connectivity index (χ1) is 14.9. The zero-order chi connectivity index (χ0) is 21.6. The van der Waals surface area contributed by atoms with Crippen LogP contribution in [0.3, 0.4) is 0 Å². The van der Waals surface area contributed by atoms with Crippen LogP contribution in [-0.2, 0) is 5.54 Å². The number of rotatable bonds is 2. The second kappa shape index (κ2) is 7.34. The van der Waals surface area contributed by atoms with Gasteiger partial charge < -0.3 is 9.80 Å². The fraction of sp³-hybridized carbons (Fsp3) is 0.333. The van der Waals surface area contributed by atoms with Gasteiger partial charge in [-0.05, 0) is 37.6 Å². The lowest BCUT2D eigenvalue weighted by molar-refractivity contribution is 0.0748. The van der Waals surface area contributed by atoms with E-state index in [1.54, 1.807) is 6.33 Å². The van der Waals surface area contributed by atoms with Gasteiger partial charge in [-0.1, -0.05) is 36.4 Å². The molecule has 2 aromatic heterocycles. The summed E-state index contributed by atoms with van der Waals surface area (Å²) < 4.78 is 1.94. The Hall–Kier alpha value is -3.48. The summed E-state index contributed by atoms with van der Waals surface area (Å²) in [7, 11) is 0. The van der Waals surface area contributed by atoms with Crippen LogP contribution in [0.4, 0.5) is 5.82 Å². The second-order valence-corrected chi connectivity index (χ2v) is 8.97. The number of fused-ring (bicyclic) bond motifs is 2. The Morgan fingerprint density at radius 1 is 0.903 bits per heavy atom. The number of hydrogen-bond acceptors (Lipinski definition) is 5. The third-order valence-electron chi connectivity index (χ3n) is 5.87. The van der Waals surface area contributed by atoms with Gasteiger partial charge in [0.15, 0.2) is 5.65 Å². The number of aromatic nitrogens is 4. The summed E-state index contributed by atoms with van der Waals surface area (Å²) in [6, 6.07) is 14.0. The van der Waals surface area contributed by atoms with E-state index in [1.165, 1.54) is 0 Å². The third kappa shape index (κ3) is 3.40. The molecule has 0 unspecified atom stereocenters. The quantitative estimate of drug-likeness (QED) is 0.500. The van der Waals surface area contributed by atoms with Crippen LogP contribution < -0.4 is 4.90 Å². The molecular weight excluding hydrogens is 388 g/mol. The molecule has 1 saturated heterocycles. The first kappa shape index (κ1) is 19.5. The molecule has 3 heterocycles. The number of carbonyl (C=O) groups excluding carboxylic acids is 1. The Morgan fingerprint density at radius 2 is 1.65 bits per heavy atom. The molecule has 158 valence electrons. The van der Waals surface area contributed by atoms with Gasteiger partial charge in [0.05, 0.1) is 17.1 Å². The van der Waals surface area contributed by atoms with E-state index in [1.807, 2.05) is 58.2 Å². The van der Waals surface area contributed by atoms with Crippen LogP contribution >= 0.6 is 0 Å². The molecule has 1 aliphatic rings. The van der Waals surface area contributed by atoms with Crippen molar-refractivity contribution in [3.8, 4) is 0 Å². The van der Waals surface area contributed by atoms with E-state index >= 15 is 0 Å². The summed E-state index contributed by atoms with van der Waals surface area (Å²) >= 11 is 0. The van der Waals surface area contributed by atoms with E-state index in [4.69, 9.17) is 0 Å². The van der Waals surface area contributed by atoms with Crippen molar-refractivity contribution in [2.24, 2.45) is 0 Å². The number of piperazine rings is 1. The highest BCUT2D eigenvalue weighted by molar-refractivity contribution is 6.07. The van der Waals surface area contributed by atoms with Crippen molar-refractivity contribution in [1.82, 2.24) is 24.6 Å². The zero-order valence-corrected chi connectivity index (χ0v) is 18.1. The van der Waals surface area contributed by atoms with Crippen molar-refractivity contribution in [3.05, 3.63) is 60.6 Å². The average molecular weight is 415 g/mol. The van der Waals surface area contributed by atoms with E-state index in [9.17, 15) is 4.79 Å². The lowest BCUT2D eigenvalue weighted by Gasteiger charge is -2.35. The first-order valence-electron chi connectivity index (χ1n) is 10.6. The molecule has 7 heteroatoms. The van der Waals surface area contributed by atoms with E-state index < -0.39 is 0 Å². The Kier molecular flexibility index (Phi) is 4.61. The minimum Gasteiger partial charge on any atom is -0.352 e. The normalized spacial score (nSPS) is 15.1. The predicted molar refractivity (Wildman–Crippen MR) is 122 cm³/mol. The summed E-state index contributed by atoms with van der Waals surface area (Å²) in [6.45, 7) is 9.09. The van der Waals surface area contributed by atoms with E-state index in [2.05, 4.69) is 40.7 Å². The monoisotopic (exact) mass is 414 g/mol. The van der Waals surface area contributed by atoms with Crippen molar-refractivity contribution in [1.29, 1.82) is 0 Å². The third-order valence-corrected chi connectivity index (χ3v) is 5.87. The molecule has 2 aromatic carbocycles. The van der Waals surface area contributed by atoms with Crippen LogP contribution in [0.15, 0.2) is 55.0 Å². The molecule has 0 saturated carbocycles. The molecule has 0 aliphatic carbocycles. The Bertz CT molecular complexity index is 1260. The number of anilines is 1. The van der Waals surface area contributed by atoms with Crippen LogP contribution in [0, 0.1) is 0 Å². The molecule has 0 N–H and O–H groups in total. The van der Waals surface area contributed by atoms with E-state index in [-0.39, 0.29) is 11.4 Å². The van der Waals surface area contributed by atoms with Gasteiger partial charge in [-0.15, -0.1) is 0 Å². The highest BCUT2D eigenvalue weighted by Gasteiger charge is 2.26. The Labute approximate surface area is 181 Å². The maximum atomic E-state index is 13.3. The van der Waals surface area contributed by atoms with Gasteiger partial charge in [0.2, 0.25) is 0 Å². The van der Waals surface area contributed by atoms with Gasteiger partial charge >= 0.3 is 0 Å². The van der Waals surface area contributed by atoms with Crippen LogP contribution in [0.2, 0.25) is 0 Å². The van der Waals surface area contributed by atoms with Crippen LogP contribution in [0.25, 0.3) is 21.8 Å². The van der Waals surface area contributed by atoms with Crippen molar-refractivity contribution in [2.45, 2.75) is 26.3 Å². The molecule has 0 atom stereocenters. The molecule has 1 aliphatic heterocycles. The van der Waals surface area contributed by atoms with Crippen LogP contribution in [-0.4, -0.2) is 56.7 Å². The van der Waals surface area contributed by atoms with Crippen molar-refractivity contribution >= 4 is 33.5 Å². The highest BCUT2D eigenvalue weighted by atomic mass is 16.2. The maximum Gasteiger partial charge on any atom is 0.254 e. The zero-order valence-electron chi connectivity index (χ0n) is 18.1. The summed E-state index contributed by atoms with van der Waals surface area (Å²) in [5, 5.41) is 7.60. The number of carbonyl (C=O) groups is 1. The van der Waals surface area contributed by atoms with Gasteiger partial charge in [-0.2, -0.15) is 5.10 Å². The second-order valence-electron chi connectivity index (χ2n) is 8.97. The Morgan fingerprint density at radius 3 is 2.42 bits per heavy atom. The molecule has 0 radical (unpaired) electrons. The van der Waals surface area contributed by atoms with Crippen molar-refractivity contribution in [2.75, 3.05) is 31.1 Å². The van der Waals surface area contributed by atoms with Crippen molar-refractivity contribution in [3.63, 3.8) is 0 Å².